The topological polar surface area (TPSA) is 138 Å². The summed E-state index contributed by atoms with van der Waals surface area (Å²) in [7, 11) is 1.48. The molecule has 0 aliphatic heterocycles. The van der Waals surface area contributed by atoms with Crippen molar-refractivity contribution in [3.05, 3.63) is 88.1 Å². The van der Waals surface area contributed by atoms with E-state index >= 15 is 0 Å². The highest BCUT2D eigenvalue weighted by molar-refractivity contribution is 5.92. The van der Waals surface area contributed by atoms with Crippen LogP contribution in [-0.4, -0.2) is 46.2 Å². The predicted molar refractivity (Wildman–Crippen MR) is 141 cm³/mol. The number of hydrogen-bond acceptors (Lipinski definition) is 8. The number of aliphatic hydroxyl groups is 1. The quantitative estimate of drug-likeness (QED) is 0.259. The lowest BCUT2D eigenvalue weighted by atomic mass is 10.1. The number of aliphatic hydroxyl groups excluding tert-OH is 1. The van der Waals surface area contributed by atoms with Crippen molar-refractivity contribution in [3.8, 4) is 11.5 Å². The number of carbonyl (C=O) groups is 1. The fourth-order valence-electron chi connectivity index (χ4n) is 3.60. The Morgan fingerprint density at radius 2 is 2.00 bits per heavy atom. The summed E-state index contributed by atoms with van der Waals surface area (Å²) in [5, 5.41) is 16.2. The van der Waals surface area contributed by atoms with E-state index in [0.717, 1.165) is 27.7 Å². The lowest BCUT2D eigenvalue weighted by Gasteiger charge is -2.12. The van der Waals surface area contributed by atoms with Crippen LogP contribution in [0.2, 0.25) is 0 Å². The molecule has 0 aliphatic carbocycles. The highest BCUT2D eigenvalue weighted by Gasteiger charge is 2.10. The average molecular weight is 502 g/mol. The highest BCUT2D eigenvalue weighted by atomic mass is 16.5. The summed E-state index contributed by atoms with van der Waals surface area (Å²) < 4.78 is 10.6. The number of carbonyl (C=O) groups excluding carboxylic acids is 1. The van der Waals surface area contributed by atoms with Crippen LogP contribution in [0.15, 0.2) is 65.9 Å². The molecule has 1 amide bonds. The second-order valence-electron chi connectivity index (χ2n) is 8.21. The molecule has 0 unspecified atom stereocenters. The van der Waals surface area contributed by atoms with Gasteiger partial charge in [-0.25, -0.2) is 9.97 Å². The zero-order valence-electron chi connectivity index (χ0n) is 20.4. The van der Waals surface area contributed by atoms with E-state index in [1.807, 2.05) is 49.4 Å². The molecule has 10 heteroatoms. The van der Waals surface area contributed by atoms with E-state index in [-0.39, 0.29) is 30.4 Å². The maximum Gasteiger partial charge on any atom is 0.290 e. The van der Waals surface area contributed by atoms with E-state index in [4.69, 9.17) is 9.47 Å². The smallest absolute Gasteiger partial charge is 0.290 e. The van der Waals surface area contributed by atoms with Gasteiger partial charge >= 0.3 is 0 Å². The van der Waals surface area contributed by atoms with Gasteiger partial charge in [-0.15, -0.1) is 0 Å². The summed E-state index contributed by atoms with van der Waals surface area (Å²) in [4.78, 5) is 34.9. The second kappa shape index (κ2) is 11.9. The monoisotopic (exact) mass is 501 g/mol. The number of H-pyrrole nitrogens is 1. The Morgan fingerprint density at radius 3 is 2.78 bits per heavy atom. The molecule has 0 bridgehead atoms. The lowest BCUT2D eigenvalue weighted by molar-refractivity contribution is -0.124. The standard InChI is InChI=1S/C27H27N5O5/c1-17-10-20(6-8-23(17)37-24-12-19(14-33)13-29-27(24)35)32-26-21-11-18(5-7-22(21)30-16-31-26)4-3-9-28-25(34)15-36-2/h3-8,10-13,16,33H,9,14-15H2,1-2H3,(H,28,34)(H,29,35)(H,30,31,32)/b4-3+. The number of ether oxygens (including phenoxy) is 2. The van der Waals surface area contributed by atoms with Gasteiger partial charge in [-0.1, -0.05) is 18.2 Å². The highest BCUT2D eigenvalue weighted by Crippen LogP contribution is 2.29. The summed E-state index contributed by atoms with van der Waals surface area (Å²) in [5.41, 5.74) is 3.46. The van der Waals surface area contributed by atoms with E-state index in [0.29, 0.717) is 23.7 Å². The number of benzene rings is 2. The molecule has 4 aromatic rings. The lowest BCUT2D eigenvalue weighted by Crippen LogP contribution is -2.26. The van der Waals surface area contributed by atoms with Gasteiger partial charge in [-0.3, -0.25) is 9.59 Å². The fraction of sp³-hybridized carbons (Fsp3) is 0.185. The normalized spacial score (nSPS) is 11.1. The SMILES string of the molecule is COCC(=O)NC/C=C/c1ccc2ncnc(Nc3ccc(Oc4cc(CO)c[nH]c4=O)c(C)c3)c2c1. The third-order valence-corrected chi connectivity index (χ3v) is 5.43. The molecule has 2 heterocycles. The van der Waals surface area contributed by atoms with Crippen molar-refractivity contribution in [2.75, 3.05) is 25.6 Å². The van der Waals surface area contributed by atoms with Crippen molar-refractivity contribution >= 4 is 34.4 Å². The Balaban J connectivity index is 1.51. The van der Waals surface area contributed by atoms with Crippen molar-refractivity contribution in [2.24, 2.45) is 0 Å². The van der Waals surface area contributed by atoms with Crippen LogP contribution >= 0.6 is 0 Å². The van der Waals surface area contributed by atoms with Crippen molar-refractivity contribution in [3.63, 3.8) is 0 Å². The molecule has 0 atom stereocenters. The van der Waals surface area contributed by atoms with E-state index in [9.17, 15) is 14.7 Å². The van der Waals surface area contributed by atoms with Gasteiger partial charge in [0.1, 0.15) is 24.5 Å². The number of hydrogen-bond donors (Lipinski definition) is 4. The van der Waals surface area contributed by atoms with Gasteiger partial charge in [0.15, 0.2) is 5.75 Å². The molecule has 0 saturated carbocycles. The van der Waals surface area contributed by atoms with Crippen LogP contribution in [0.1, 0.15) is 16.7 Å². The van der Waals surface area contributed by atoms with E-state index in [1.165, 1.54) is 25.7 Å². The molecule has 2 aromatic carbocycles. The molecule has 4 rings (SSSR count). The van der Waals surface area contributed by atoms with Crippen LogP contribution in [-0.2, 0) is 16.1 Å². The third kappa shape index (κ3) is 6.57. The first kappa shape index (κ1) is 25.5. The molecular formula is C27H27N5O5. The first-order chi connectivity index (χ1) is 18.0. The Kier molecular flexibility index (Phi) is 8.24. The number of nitrogens with one attached hydrogen (secondary N) is 3. The third-order valence-electron chi connectivity index (χ3n) is 5.43. The van der Waals surface area contributed by atoms with Crippen molar-refractivity contribution in [1.29, 1.82) is 0 Å². The molecule has 0 aliphatic rings. The van der Waals surface area contributed by atoms with Crippen LogP contribution in [0.5, 0.6) is 11.5 Å². The molecule has 2 aromatic heterocycles. The number of aromatic nitrogens is 3. The summed E-state index contributed by atoms with van der Waals surface area (Å²) >= 11 is 0. The molecule has 0 spiro atoms. The van der Waals surface area contributed by atoms with Crippen LogP contribution in [0.4, 0.5) is 11.5 Å². The van der Waals surface area contributed by atoms with Gasteiger partial charge in [0.2, 0.25) is 5.91 Å². The number of rotatable bonds is 10. The van der Waals surface area contributed by atoms with Crippen LogP contribution < -0.4 is 20.9 Å². The Morgan fingerprint density at radius 1 is 1.14 bits per heavy atom. The fourth-order valence-corrected chi connectivity index (χ4v) is 3.60. The number of fused-ring (bicyclic) bond motifs is 1. The minimum atomic E-state index is -0.381. The van der Waals surface area contributed by atoms with E-state index in [1.54, 1.807) is 6.07 Å². The number of anilines is 2. The molecule has 0 fully saturated rings. The van der Waals surface area contributed by atoms with E-state index in [2.05, 4.69) is 25.6 Å². The largest absolute Gasteiger partial charge is 0.451 e. The van der Waals surface area contributed by atoms with Crippen molar-refractivity contribution < 1.29 is 19.4 Å². The summed E-state index contributed by atoms with van der Waals surface area (Å²) in [6.45, 7) is 2.08. The van der Waals surface area contributed by atoms with Gasteiger partial charge in [0.05, 0.1) is 12.1 Å². The molecule has 0 radical (unpaired) electrons. The van der Waals surface area contributed by atoms with Crippen LogP contribution in [0.3, 0.4) is 0 Å². The molecule has 10 nitrogen and oxygen atoms in total. The van der Waals surface area contributed by atoms with Crippen LogP contribution in [0.25, 0.3) is 17.0 Å². The second-order valence-corrected chi connectivity index (χ2v) is 8.21. The maximum atomic E-state index is 12.1. The Hall–Kier alpha value is -4.54. The Labute approximate surface area is 213 Å². The zero-order valence-corrected chi connectivity index (χ0v) is 20.4. The number of pyridine rings is 1. The van der Waals surface area contributed by atoms with Gasteiger partial charge in [0.25, 0.3) is 5.56 Å². The number of amides is 1. The first-order valence-corrected chi connectivity index (χ1v) is 11.5. The van der Waals surface area contributed by atoms with Crippen molar-refractivity contribution in [1.82, 2.24) is 20.3 Å². The first-order valence-electron chi connectivity index (χ1n) is 11.5. The van der Waals surface area contributed by atoms with Gasteiger partial charge in [0, 0.05) is 30.9 Å². The maximum absolute atomic E-state index is 12.1. The van der Waals surface area contributed by atoms with Crippen molar-refractivity contribution in [2.45, 2.75) is 13.5 Å². The van der Waals surface area contributed by atoms with Gasteiger partial charge in [-0.05, 0) is 60.0 Å². The number of aryl methyl sites for hydroxylation is 1. The molecule has 4 N–H and O–H groups in total. The van der Waals surface area contributed by atoms with Gasteiger partial charge < -0.3 is 30.2 Å². The number of methoxy groups -OCH3 is 1. The molecular weight excluding hydrogens is 474 g/mol. The molecule has 190 valence electrons. The summed E-state index contributed by atoms with van der Waals surface area (Å²) in [6, 6.07) is 12.8. The average Bonchev–Trinajstić information content (AvgIpc) is 2.90. The number of aromatic amines is 1. The molecule has 0 saturated heterocycles. The summed E-state index contributed by atoms with van der Waals surface area (Å²) in [6.07, 6.45) is 6.71. The minimum absolute atomic E-state index is 0.0257. The summed E-state index contributed by atoms with van der Waals surface area (Å²) in [5.74, 6) is 1.08. The zero-order chi connectivity index (χ0) is 26.2. The van der Waals surface area contributed by atoms with Crippen LogP contribution in [0, 0.1) is 6.92 Å². The Bertz CT molecular complexity index is 1500. The minimum Gasteiger partial charge on any atom is -0.451 e. The van der Waals surface area contributed by atoms with E-state index < -0.39 is 0 Å². The predicted octanol–water partition coefficient (Wildman–Crippen LogP) is 3.43. The number of nitrogens with zero attached hydrogens (tertiary/aromatic N) is 2. The molecule has 37 heavy (non-hydrogen) atoms. The van der Waals surface area contributed by atoms with Gasteiger partial charge in [-0.2, -0.15) is 0 Å².